The van der Waals surface area contributed by atoms with Crippen LogP contribution < -0.4 is 5.32 Å². The minimum Gasteiger partial charge on any atom is -0.481 e. The van der Waals surface area contributed by atoms with E-state index in [9.17, 15) is 9.59 Å². The van der Waals surface area contributed by atoms with E-state index >= 15 is 0 Å². The number of carbonyl (C=O) groups excluding carboxylic acids is 1. The van der Waals surface area contributed by atoms with Gasteiger partial charge in [-0.25, -0.2) is 4.79 Å². The number of rotatable bonds is 5. The van der Waals surface area contributed by atoms with E-state index in [0.29, 0.717) is 12.3 Å². The van der Waals surface area contributed by atoms with E-state index in [1.165, 1.54) is 4.90 Å². The molecule has 1 heterocycles. The summed E-state index contributed by atoms with van der Waals surface area (Å²) in [6, 6.07) is 3.31. The zero-order valence-corrected chi connectivity index (χ0v) is 9.90. The maximum absolute atomic E-state index is 11.5. The summed E-state index contributed by atoms with van der Waals surface area (Å²) in [6.07, 6.45) is -0.0839. The van der Waals surface area contributed by atoms with Crippen LogP contribution in [0.3, 0.4) is 0 Å². The maximum atomic E-state index is 11.5. The predicted octanol–water partition coefficient (Wildman–Crippen LogP) is 1.20. The number of carboxylic acid groups (broad SMARTS) is 1. The zero-order chi connectivity index (χ0) is 12.8. The van der Waals surface area contributed by atoms with Crippen molar-refractivity contribution in [1.29, 1.82) is 0 Å². The van der Waals surface area contributed by atoms with Gasteiger partial charge in [-0.2, -0.15) is 0 Å². The van der Waals surface area contributed by atoms with E-state index in [-0.39, 0.29) is 19.0 Å². The highest BCUT2D eigenvalue weighted by Gasteiger charge is 2.10. The van der Waals surface area contributed by atoms with Gasteiger partial charge in [-0.3, -0.25) is 4.79 Å². The minimum atomic E-state index is -0.936. The minimum absolute atomic E-state index is 0.0839. The third kappa shape index (κ3) is 4.58. The second-order valence-electron chi connectivity index (χ2n) is 3.74. The Morgan fingerprint density at radius 2 is 2.18 bits per heavy atom. The molecule has 2 N–H and O–H groups in total. The van der Waals surface area contributed by atoms with Crippen molar-refractivity contribution < 1.29 is 19.1 Å². The fourth-order valence-electron chi connectivity index (χ4n) is 1.29. The molecular formula is C11H16N2O4. The van der Waals surface area contributed by atoms with Crippen LogP contribution in [-0.4, -0.2) is 35.6 Å². The molecule has 0 unspecified atom stereocenters. The van der Waals surface area contributed by atoms with Gasteiger partial charge < -0.3 is 19.7 Å². The molecule has 1 aromatic rings. The summed E-state index contributed by atoms with van der Waals surface area (Å²) in [5.74, 6) is 0.549. The molecule has 0 saturated heterocycles. The Hall–Kier alpha value is -1.98. The summed E-state index contributed by atoms with van der Waals surface area (Å²) in [6.45, 7) is 2.30. The molecule has 2 amide bonds. The molecule has 1 aromatic heterocycles. The molecule has 0 aliphatic heterocycles. The number of hydrogen-bond donors (Lipinski definition) is 2. The molecular weight excluding hydrogens is 224 g/mol. The van der Waals surface area contributed by atoms with Crippen molar-refractivity contribution in [2.45, 2.75) is 19.9 Å². The molecule has 6 nitrogen and oxygen atoms in total. The van der Waals surface area contributed by atoms with Gasteiger partial charge in [0.25, 0.3) is 0 Å². The van der Waals surface area contributed by atoms with Crippen LogP contribution in [0.2, 0.25) is 0 Å². The van der Waals surface area contributed by atoms with E-state index in [2.05, 4.69) is 5.32 Å². The molecule has 6 heteroatoms. The number of furan rings is 1. The second-order valence-corrected chi connectivity index (χ2v) is 3.74. The topological polar surface area (TPSA) is 82.8 Å². The quantitative estimate of drug-likeness (QED) is 0.810. The Bertz CT molecular complexity index is 400. The van der Waals surface area contributed by atoms with Crippen LogP contribution in [0.25, 0.3) is 0 Å². The van der Waals surface area contributed by atoms with E-state index < -0.39 is 5.97 Å². The van der Waals surface area contributed by atoms with Crippen LogP contribution in [0.1, 0.15) is 17.9 Å². The van der Waals surface area contributed by atoms with Gasteiger partial charge >= 0.3 is 12.0 Å². The zero-order valence-electron chi connectivity index (χ0n) is 9.90. The second kappa shape index (κ2) is 5.93. The van der Waals surface area contributed by atoms with Crippen molar-refractivity contribution in [2.75, 3.05) is 13.6 Å². The van der Waals surface area contributed by atoms with Crippen LogP contribution in [0.15, 0.2) is 16.5 Å². The van der Waals surface area contributed by atoms with Gasteiger partial charge in [0.15, 0.2) is 0 Å². The lowest BCUT2D eigenvalue weighted by molar-refractivity contribution is -0.136. The van der Waals surface area contributed by atoms with Crippen molar-refractivity contribution in [3.8, 4) is 0 Å². The molecule has 0 radical (unpaired) electrons. The molecule has 17 heavy (non-hydrogen) atoms. The normalized spacial score (nSPS) is 10.0. The third-order valence-electron chi connectivity index (χ3n) is 2.15. The lowest BCUT2D eigenvalue weighted by atomic mass is 10.4. The molecule has 0 aliphatic carbocycles. The molecule has 0 spiro atoms. The molecule has 1 rings (SSSR count). The van der Waals surface area contributed by atoms with Crippen LogP contribution in [0.4, 0.5) is 4.79 Å². The summed E-state index contributed by atoms with van der Waals surface area (Å²) in [4.78, 5) is 23.2. The standard InChI is InChI=1S/C11H16N2O4/c1-8-3-4-9(17-8)7-13(2)11(16)12-6-5-10(14)15/h3-4H,5-7H2,1-2H3,(H,12,16)(H,14,15). The summed E-state index contributed by atoms with van der Waals surface area (Å²) < 4.78 is 5.33. The Morgan fingerprint density at radius 1 is 1.47 bits per heavy atom. The highest BCUT2D eigenvalue weighted by Crippen LogP contribution is 2.08. The number of aliphatic carboxylic acids is 1. The van der Waals surface area contributed by atoms with Crippen molar-refractivity contribution in [2.24, 2.45) is 0 Å². The maximum Gasteiger partial charge on any atom is 0.317 e. The number of amides is 2. The van der Waals surface area contributed by atoms with Crippen LogP contribution in [0, 0.1) is 6.92 Å². The fraction of sp³-hybridized carbons (Fsp3) is 0.455. The SMILES string of the molecule is Cc1ccc(CN(C)C(=O)NCCC(=O)O)o1. The first-order chi connectivity index (χ1) is 7.99. The Balaban J connectivity index is 2.34. The predicted molar refractivity (Wildman–Crippen MR) is 60.6 cm³/mol. The smallest absolute Gasteiger partial charge is 0.317 e. The summed E-state index contributed by atoms with van der Waals surface area (Å²) >= 11 is 0. The number of nitrogens with zero attached hydrogens (tertiary/aromatic N) is 1. The Labute approximate surface area is 99.2 Å². The molecule has 0 bridgehead atoms. The molecule has 0 aromatic carbocycles. The average molecular weight is 240 g/mol. The van der Waals surface area contributed by atoms with E-state index in [4.69, 9.17) is 9.52 Å². The highest BCUT2D eigenvalue weighted by molar-refractivity contribution is 5.74. The largest absolute Gasteiger partial charge is 0.481 e. The molecule has 0 atom stereocenters. The van der Waals surface area contributed by atoms with E-state index in [1.54, 1.807) is 13.1 Å². The van der Waals surface area contributed by atoms with Crippen LogP contribution in [-0.2, 0) is 11.3 Å². The van der Waals surface area contributed by atoms with E-state index in [0.717, 1.165) is 5.76 Å². The number of carboxylic acids is 1. The molecule has 0 fully saturated rings. The Morgan fingerprint density at radius 3 is 2.71 bits per heavy atom. The van der Waals surface area contributed by atoms with Crippen LogP contribution in [0.5, 0.6) is 0 Å². The molecule has 0 aliphatic rings. The number of carbonyl (C=O) groups is 2. The van der Waals surface area contributed by atoms with Gasteiger partial charge in [0.2, 0.25) is 0 Å². The Kier molecular flexibility index (Phi) is 4.56. The lowest BCUT2D eigenvalue weighted by Crippen LogP contribution is -2.37. The van der Waals surface area contributed by atoms with Gasteiger partial charge in [-0.05, 0) is 19.1 Å². The van der Waals surface area contributed by atoms with Gasteiger partial charge in [-0.1, -0.05) is 0 Å². The lowest BCUT2D eigenvalue weighted by Gasteiger charge is -2.16. The van der Waals surface area contributed by atoms with E-state index in [1.807, 2.05) is 13.0 Å². The first-order valence-corrected chi connectivity index (χ1v) is 5.25. The number of nitrogens with one attached hydrogen (secondary N) is 1. The highest BCUT2D eigenvalue weighted by atomic mass is 16.4. The van der Waals surface area contributed by atoms with Crippen LogP contribution >= 0.6 is 0 Å². The van der Waals surface area contributed by atoms with Gasteiger partial charge in [-0.15, -0.1) is 0 Å². The summed E-state index contributed by atoms with van der Waals surface area (Å²) in [5.41, 5.74) is 0. The number of hydrogen-bond acceptors (Lipinski definition) is 3. The first kappa shape index (κ1) is 13.1. The van der Waals surface area contributed by atoms with Gasteiger partial charge in [0, 0.05) is 13.6 Å². The van der Waals surface area contributed by atoms with Crippen molar-refractivity contribution in [1.82, 2.24) is 10.2 Å². The summed E-state index contributed by atoms with van der Waals surface area (Å²) in [7, 11) is 1.62. The first-order valence-electron chi connectivity index (χ1n) is 5.25. The number of urea groups is 1. The number of aryl methyl sites for hydroxylation is 1. The molecule has 0 saturated carbocycles. The fourth-order valence-corrected chi connectivity index (χ4v) is 1.29. The monoisotopic (exact) mass is 240 g/mol. The van der Waals surface area contributed by atoms with Crippen molar-refractivity contribution >= 4 is 12.0 Å². The van der Waals surface area contributed by atoms with Crippen molar-refractivity contribution in [3.05, 3.63) is 23.7 Å². The average Bonchev–Trinajstić information content (AvgIpc) is 2.63. The third-order valence-corrected chi connectivity index (χ3v) is 2.15. The summed E-state index contributed by atoms with van der Waals surface area (Å²) in [5, 5.41) is 10.9. The van der Waals surface area contributed by atoms with Gasteiger partial charge in [0.05, 0.1) is 13.0 Å². The molecule has 94 valence electrons. The van der Waals surface area contributed by atoms with Crippen molar-refractivity contribution in [3.63, 3.8) is 0 Å². The van der Waals surface area contributed by atoms with Gasteiger partial charge in [0.1, 0.15) is 11.5 Å².